The fourth-order valence-electron chi connectivity index (χ4n) is 2.34. The summed E-state index contributed by atoms with van der Waals surface area (Å²) in [6.45, 7) is 2.63. The molecule has 0 aliphatic heterocycles. The second-order valence-corrected chi connectivity index (χ2v) is 7.09. The van der Waals surface area contributed by atoms with Gasteiger partial charge in [0, 0.05) is 10.0 Å². The van der Waals surface area contributed by atoms with Crippen LogP contribution in [0.25, 0.3) is 0 Å². The maximum absolute atomic E-state index is 12.1. The zero-order valence-electron chi connectivity index (χ0n) is 15.9. The Hall–Kier alpha value is -2.54. The average molecular weight is 449 g/mol. The molecule has 0 bridgehead atoms. The SMILES string of the molecule is CCCCCCOc1ccc(C(=O)NNC(=O)COc2ccc(Br)cc2)cc1. The first-order valence-electron chi connectivity index (χ1n) is 9.29. The quantitative estimate of drug-likeness (QED) is 0.420. The Morgan fingerprint density at radius 3 is 2.18 bits per heavy atom. The van der Waals surface area contributed by atoms with E-state index in [-0.39, 0.29) is 6.61 Å². The summed E-state index contributed by atoms with van der Waals surface area (Å²) in [6.07, 6.45) is 4.58. The molecule has 7 heteroatoms. The summed E-state index contributed by atoms with van der Waals surface area (Å²) in [5.74, 6) is 0.421. The van der Waals surface area contributed by atoms with Crippen molar-refractivity contribution in [1.29, 1.82) is 0 Å². The largest absolute Gasteiger partial charge is 0.494 e. The van der Waals surface area contributed by atoms with E-state index < -0.39 is 11.8 Å². The van der Waals surface area contributed by atoms with Crippen molar-refractivity contribution in [2.24, 2.45) is 0 Å². The highest BCUT2D eigenvalue weighted by Crippen LogP contribution is 2.16. The minimum Gasteiger partial charge on any atom is -0.494 e. The van der Waals surface area contributed by atoms with Crippen molar-refractivity contribution in [2.75, 3.05) is 13.2 Å². The summed E-state index contributed by atoms with van der Waals surface area (Å²) in [5.41, 5.74) is 5.11. The van der Waals surface area contributed by atoms with E-state index in [0.29, 0.717) is 17.9 Å². The van der Waals surface area contributed by atoms with Gasteiger partial charge in [-0.3, -0.25) is 20.4 Å². The standard InChI is InChI=1S/C21H25BrN2O4/c1-2-3-4-5-14-27-18-10-6-16(7-11-18)21(26)24-23-20(25)15-28-19-12-8-17(22)9-13-19/h6-13H,2-5,14-15H2,1H3,(H,23,25)(H,24,26). The molecule has 0 unspecified atom stereocenters. The molecule has 0 spiro atoms. The molecule has 0 radical (unpaired) electrons. The van der Waals surface area contributed by atoms with Gasteiger partial charge in [-0.25, -0.2) is 0 Å². The van der Waals surface area contributed by atoms with Crippen LogP contribution in [0.2, 0.25) is 0 Å². The van der Waals surface area contributed by atoms with Gasteiger partial charge < -0.3 is 9.47 Å². The number of ether oxygens (including phenoxy) is 2. The molecule has 0 fully saturated rings. The van der Waals surface area contributed by atoms with Crippen LogP contribution in [0.3, 0.4) is 0 Å². The topological polar surface area (TPSA) is 76.7 Å². The summed E-state index contributed by atoms with van der Waals surface area (Å²) >= 11 is 3.32. The molecule has 0 aliphatic carbocycles. The number of amides is 2. The van der Waals surface area contributed by atoms with E-state index in [0.717, 1.165) is 23.1 Å². The summed E-state index contributed by atoms with van der Waals surface area (Å²) in [4.78, 5) is 23.9. The molecular formula is C21H25BrN2O4. The second kappa shape index (κ2) is 12.0. The summed E-state index contributed by atoms with van der Waals surface area (Å²) in [6, 6.07) is 13.9. The van der Waals surface area contributed by atoms with Gasteiger partial charge in [-0.2, -0.15) is 0 Å². The van der Waals surface area contributed by atoms with Crippen molar-refractivity contribution in [3.05, 3.63) is 58.6 Å². The fourth-order valence-corrected chi connectivity index (χ4v) is 2.60. The van der Waals surface area contributed by atoms with Crippen LogP contribution in [0.1, 0.15) is 43.0 Å². The van der Waals surface area contributed by atoms with E-state index >= 15 is 0 Å². The van der Waals surface area contributed by atoms with Crippen molar-refractivity contribution in [1.82, 2.24) is 10.9 Å². The minimum atomic E-state index is -0.455. The van der Waals surface area contributed by atoms with Crippen LogP contribution in [0, 0.1) is 0 Å². The molecule has 0 heterocycles. The van der Waals surface area contributed by atoms with Gasteiger partial charge >= 0.3 is 0 Å². The minimum absolute atomic E-state index is 0.202. The molecule has 6 nitrogen and oxygen atoms in total. The first-order chi connectivity index (χ1) is 13.6. The van der Waals surface area contributed by atoms with Crippen LogP contribution in [0.5, 0.6) is 11.5 Å². The monoisotopic (exact) mass is 448 g/mol. The van der Waals surface area contributed by atoms with Gasteiger partial charge in [0.05, 0.1) is 6.61 Å². The normalized spacial score (nSPS) is 10.2. The van der Waals surface area contributed by atoms with Crippen LogP contribution in [0.15, 0.2) is 53.0 Å². The lowest BCUT2D eigenvalue weighted by Gasteiger charge is -2.10. The highest BCUT2D eigenvalue weighted by atomic mass is 79.9. The Kier molecular flexibility index (Phi) is 9.34. The molecule has 0 aromatic heterocycles. The summed E-state index contributed by atoms with van der Waals surface area (Å²) < 4.78 is 11.9. The second-order valence-electron chi connectivity index (χ2n) is 6.18. The number of carbonyl (C=O) groups is 2. The van der Waals surface area contributed by atoms with Crippen LogP contribution in [0.4, 0.5) is 0 Å². The Morgan fingerprint density at radius 1 is 0.857 bits per heavy atom. The molecule has 2 N–H and O–H groups in total. The van der Waals surface area contributed by atoms with Crippen LogP contribution in [-0.4, -0.2) is 25.0 Å². The van der Waals surface area contributed by atoms with E-state index in [4.69, 9.17) is 9.47 Å². The Labute approximate surface area is 173 Å². The van der Waals surface area contributed by atoms with Crippen LogP contribution < -0.4 is 20.3 Å². The van der Waals surface area contributed by atoms with Gasteiger partial charge in [0.15, 0.2) is 6.61 Å². The Bertz CT molecular complexity index is 748. The molecule has 0 saturated carbocycles. The van der Waals surface area contributed by atoms with Gasteiger partial charge in [0.25, 0.3) is 11.8 Å². The molecule has 0 aliphatic rings. The van der Waals surface area contributed by atoms with E-state index in [1.54, 1.807) is 36.4 Å². The van der Waals surface area contributed by atoms with Crippen LogP contribution in [-0.2, 0) is 4.79 Å². The third kappa shape index (κ3) is 8.00. The Morgan fingerprint density at radius 2 is 1.50 bits per heavy atom. The first-order valence-corrected chi connectivity index (χ1v) is 10.1. The summed E-state index contributed by atoms with van der Waals surface area (Å²) in [7, 11) is 0. The van der Waals surface area contributed by atoms with Crippen molar-refractivity contribution in [3.8, 4) is 11.5 Å². The van der Waals surface area contributed by atoms with E-state index in [2.05, 4.69) is 33.7 Å². The molecule has 0 atom stereocenters. The number of carbonyl (C=O) groups excluding carboxylic acids is 2. The molecule has 2 rings (SSSR count). The molecule has 2 aromatic carbocycles. The van der Waals surface area contributed by atoms with Gasteiger partial charge in [-0.1, -0.05) is 42.1 Å². The molecule has 0 saturated heterocycles. The smallest absolute Gasteiger partial charge is 0.276 e. The number of unbranched alkanes of at least 4 members (excludes halogenated alkanes) is 3. The zero-order chi connectivity index (χ0) is 20.2. The third-order valence-corrected chi connectivity index (χ3v) is 4.41. The molecule has 150 valence electrons. The number of nitrogens with one attached hydrogen (secondary N) is 2. The molecule has 2 amide bonds. The van der Waals surface area contributed by atoms with Crippen molar-refractivity contribution in [2.45, 2.75) is 32.6 Å². The number of hydrogen-bond donors (Lipinski definition) is 2. The summed E-state index contributed by atoms with van der Waals surface area (Å²) in [5, 5.41) is 0. The van der Waals surface area contributed by atoms with Gasteiger partial charge in [-0.15, -0.1) is 0 Å². The number of rotatable bonds is 10. The number of hydrogen-bond acceptors (Lipinski definition) is 4. The lowest BCUT2D eigenvalue weighted by Crippen LogP contribution is -2.43. The lowest BCUT2D eigenvalue weighted by molar-refractivity contribution is -0.123. The average Bonchev–Trinajstić information content (AvgIpc) is 2.72. The molecule has 28 heavy (non-hydrogen) atoms. The first kappa shape index (κ1) is 21.8. The molecule has 2 aromatic rings. The molecular weight excluding hydrogens is 424 g/mol. The highest BCUT2D eigenvalue weighted by molar-refractivity contribution is 9.10. The number of halogens is 1. The van der Waals surface area contributed by atoms with Gasteiger partial charge in [0.2, 0.25) is 0 Å². The predicted molar refractivity (Wildman–Crippen MR) is 111 cm³/mol. The van der Waals surface area contributed by atoms with Crippen molar-refractivity contribution < 1.29 is 19.1 Å². The fraction of sp³-hybridized carbons (Fsp3) is 0.333. The number of benzene rings is 2. The predicted octanol–water partition coefficient (Wildman–Crippen LogP) is 4.25. The third-order valence-electron chi connectivity index (χ3n) is 3.88. The highest BCUT2D eigenvalue weighted by Gasteiger charge is 2.08. The van der Waals surface area contributed by atoms with Crippen molar-refractivity contribution in [3.63, 3.8) is 0 Å². The Balaban J connectivity index is 1.68. The number of hydrazine groups is 1. The van der Waals surface area contributed by atoms with Crippen molar-refractivity contribution >= 4 is 27.7 Å². The van der Waals surface area contributed by atoms with E-state index in [9.17, 15) is 9.59 Å². The van der Waals surface area contributed by atoms with Crippen LogP contribution >= 0.6 is 15.9 Å². The van der Waals surface area contributed by atoms with E-state index in [1.807, 2.05) is 12.1 Å². The van der Waals surface area contributed by atoms with Gasteiger partial charge in [0.1, 0.15) is 11.5 Å². The maximum atomic E-state index is 12.1. The maximum Gasteiger partial charge on any atom is 0.276 e. The van der Waals surface area contributed by atoms with Gasteiger partial charge in [-0.05, 0) is 55.0 Å². The lowest BCUT2D eigenvalue weighted by atomic mass is 10.2. The van der Waals surface area contributed by atoms with E-state index in [1.165, 1.54) is 12.8 Å². The zero-order valence-corrected chi connectivity index (χ0v) is 17.5.